The molecule has 0 spiro atoms. The lowest BCUT2D eigenvalue weighted by molar-refractivity contribution is -0.123. The van der Waals surface area contributed by atoms with E-state index in [0.717, 1.165) is 32.1 Å². The fourth-order valence-electron chi connectivity index (χ4n) is 8.07. The van der Waals surface area contributed by atoms with Crippen molar-refractivity contribution in [3.8, 4) is 0 Å². The van der Waals surface area contributed by atoms with Gasteiger partial charge >= 0.3 is 0 Å². The maximum atomic E-state index is 12.4. The standard InChI is InChI=1S/C54H103NO3/c1-3-5-7-9-11-13-15-17-19-21-23-25-27-29-31-33-35-37-39-41-43-45-47-49-53(57)52(51-56)55-54(58)50-48-46-44-42-40-38-36-34-32-30-28-26-24-22-20-18-16-14-12-10-8-6-4-2/h22,24,39,41,47,49,52-53,56-57H,3-21,23,25-38,40,42-46,48,50-51H2,1-2H3,(H,55,58)/b24-22-,41-39+,49-47+. The Balaban J connectivity index is 3.54. The molecule has 0 radical (unpaired) electrons. The molecule has 342 valence electrons. The Labute approximate surface area is 363 Å². The summed E-state index contributed by atoms with van der Waals surface area (Å²) in [5.41, 5.74) is 0. The van der Waals surface area contributed by atoms with Gasteiger partial charge in [0.15, 0.2) is 0 Å². The molecule has 1 amide bonds. The molecule has 0 aromatic carbocycles. The first-order valence-electron chi connectivity index (χ1n) is 26.2. The van der Waals surface area contributed by atoms with Crippen molar-refractivity contribution in [2.75, 3.05) is 6.61 Å². The van der Waals surface area contributed by atoms with E-state index in [1.54, 1.807) is 6.08 Å². The highest BCUT2D eigenvalue weighted by Gasteiger charge is 2.17. The average Bonchev–Trinajstić information content (AvgIpc) is 3.23. The Morgan fingerprint density at radius 1 is 0.397 bits per heavy atom. The number of carbonyl (C=O) groups excluding carboxylic acids is 1. The Bertz CT molecular complexity index is 882. The maximum Gasteiger partial charge on any atom is 0.220 e. The average molecular weight is 814 g/mol. The molecular weight excluding hydrogens is 711 g/mol. The van der Waals surface area contributed by atoms with Crippen molar-refractivity contribution in [3.05, 3.63) is 36.5 Å². The van der Waals surface area contributed by atoms with Crippen LogP contribution in [0.3, 0.4) is 0 Å². The van der Waals surface area contributed by atoms with E-state index < -0.39 is 12.1 Å². The summed E-state index contributed by atoms with van der Waals surface area (Å²) >= 11 is 0. The SMILES string of the molecule is CCCCCCCCCC/C=C\CCCCCCCCCCCCCC(=O)NC(CO)C(O)/C=C/CC/C=C/CCCCCCCCCCCCCCCCCCC. The van der Waals surface area contributed by atoms with Crippen molar-refractivity contribution in [2.45, 2.75) is 296 Å². The number of aliphatic hydroxyl groups excluding tert-OH is 2. The molecule has 0 aromatic heterocycles. The number of hydrogen-bond acceptors (Lipinski definition) is 3. The molecule has 4 heteroatoms. The van der Waals surface area contributed by atoms with Crippen LogP contribution in [0.15, 0.2) is 36.5 Å². The third-order valence-corrected chi connectivity index (χ3v) is 12.1. The van der Waals surface area contributed by atoms with Crippen molar-refractivity contribution < 1.29 is 15.0 Å². The molecule has 0 aliphatic rings. The summed E-state index contributed by atoms with van der Waals surface area (Å²) in [5.74, 6) is -0.0715. The molecule has 0 aliphatic carbocycles. The molecule has 0 saturated carbocycles. The lowest BCUT2D eigenvalue weighted by Gasteiger charge is -2.19. The molecule has 0 heterocycles. The fourth-order valence-corrected chi connectivity index (χ4v) is 8.07. The Morgan fingerprint density at radius 3 is 1.00 bits per heavy atom. The third-order valence-electron chi connectivity index (χ3n) is 12.1. The highest BCUT2D eigenvalue weighted by atomic mass is 16.3. The molecule has 0 aliphatic heterocycles. The van der Waals surface area contributed by atoms with E-state index in [0.29, 0.717) is 6.42 Å². The second-order valence-electron chi connectivity index (χ2n) is 17.9. The van der Waals surface area contributed by atoms with E-state index in [2.05, 4.69) is 43.5 Å². The molecule has 0 aromatic rings. The van der Waals surface area contributed by atoms with Gasteiger partial charge in [0.2, 0.25) is 5.91 Å². The quantitative estimate of drug-likeness (QED) is 0.0423. The summed E-state index contributed by atoms with van der Waals surface area (Å²) in [5, 5.41) is 23.1. The molecule has 0 fully saturated rings. The minimum Gasteiger partial charge on any atom is -0.394 e. The van der Waals surface area contributed by atoms with Gasteiger partial charge in [-0.2, -0.15) is 0 Å². The van der Waals surface area contributed by atoms with Crippen LogP contribution in [-0.4, -0.2) is 34.9 Å². The van der Waals surface area contributed by atoms with Crippen LogP contribution in [0.4, 0.5) is 0 Å². The van der Waals surface area contributed by atoms with Crippen molar-refractivity contribution >= 4 is 5.91 Å². The van der Waals surface area contributed by atoms with Crippen LogP contribution in [0.25, 0.3) is 0 Å². The van der Waals surface area contributed by atoms with Gasteiger partial charge in [-0.1, -0.05) is 256 Å². The number of rotatable bonds is 48. The summed E-state index contributed by atoms with van der Waals surface area (Å²) < 4.78 is 0. The number of carbonyl (C=O) groups is 1. The maximum absolute atomic E-state index is 12.4. The van der Waals surface area contributed by atoms with Gasteiger partial charge in [0, 0.05) is 6.42 Å². The number of hydrogen-bond donors (Lipinski definition) is 3. The van der Waals surface area contributed by atoms with E-state index in [4.69, 9.17) is 0 Å². The molecule has 0 bridgehead atoms. The van der Waals surface area contributed by atoms with E-state index >= 15 is 0 Å². The summed E-state index contributed by atoms with van der Waals surface area (Å²) in [4.78, 5) is 12.4. The van der Waals surface area contributed by atoms with Gasteiger partial charge in [0.25, 0.3) is 0 Å². The van der Waals surface area contributed by atoms with Crippen molar-refractivity contribution in [2.24, 2.45) is 0 Å². The zero-order valence-electron chi connectivity index (χ0n) is 39.3. The van der Waals surface area contributed by atoms with Crippen LogP contribution >= 0.6 is 0 Å². The molecule has 58 heavy (non-hydrogen) atoms. The lowest BCUT2D eigenvalue weighted by Crippen LogP contribution is -2.45. The summed E-state index contributed by atoms with van der Waals surface area (Å²) in [6.07, 6.45) is 67.2. The van der Waals surface area contributed by atoms with Crippen LogP contribution in [0.5, 0.6) is 0 Å². The van der Waals surface area contributed by atoms with Gasteiger partial charge in [-0.05, 0) is 57.8 Å². The largest absolute Gasteiger partial charge is 0.394 e. The van der Waals surface area contributed by atoms with Gasteiger partial charge in [-0.25, -0.2) is 0 Å². The smallest absolute Gasteiger partial charge is 0.220 e. The molecule has 0 rings (SSSR count). The predicted octanol–water partition coefficient (Wildman–Crippen LogP) is 16.9. The summed E-state index contributed by atoms with van der Waals surface area (Å²) in [6, 6.07) is -0.639. The van der Waals surface area contributed by atoms with E-state index in [-0.39, 0.29) is 12.5 Å². The van der Waals surface area contributed by atoms with Crippen molar-refractivity contribution in [3.63, 3.8) is 0 Å². The minimum atomic E-state index is -0.862. The van der Waals surface area contributed by atoms with Gasteiger partial charge in [0.1, 0.15) is 0 Å². The first-order chi connectivity index (χ1) is 28.7. The van der Waals surface area contributed by atoms with Gasteiger partial charge < -0.3 is 15.5 Å². The Morgan fingerprint density at radius 2 is 0.672 bits per heavy atom. The van der Waals surface area contributed by atoms with Crippen LogP contribution in [0, 0.1) is 0 Å². The second kappa shape index (κ2) is 50.0. The lowest BCUT2D eigenvalue weighted by atomic mass is 10.0. The highest BCUT2D eigenvalue weighted by molar-refractivity contribution is 5.76. The summed E-state index contributed by atoms with van der Waals surface area (Å²) in [6.45, 7) is 4.32. The van der Waals surface area contributed by atoms with Crippen molar-refractivity contribution in [1.82, 2.24) is 5.32 Å². The van der Waals surface area contributed by atoms with Crippen molar-refractivity contribution in [1.29, 1.82) is 0 Å². The van der Waals surface area contributed by atoms with Crippen LogP contribution in [-0.2, 0) is 4.79 Å². The Kier molecular flexibility index (Phi) is 48.8. The van der Waals surface area contributed by atoms with E-state index in [9.17, 15) is 15.0 Å². The molecule has 4 nitrogen and oxygen atoms in total. The molecule has 3 N–H and O–H groups in total. The zero-order valence-corrected chi connectivity index (χ0v) is 39.3. The number of aliphatic hydroxyl groups is 2. The fraction of sp³-hybridized carbons (Fsp3) is 0.870. The topological polar surface area (TPSA) is 69.6 Å². The number of amides is 1. The zero-order chi connectivity index (χ0) is 42.1. The molecule has 0 saturated heterocycles. The van der Waals surface area contributed by atoms with Gasteiger partial charge in [-0.3, -0.25) is 4.79 Å². The van der Waals surface area contributed by atoms with Gasteiger partial charge in [0.05, 0.1) is 18.8 Å². The monoisotopic (exact) mass is 814 g/mol. The first-order valence-corrected chi connectivity index (χ1v) is 26.2. The molecule has 2 unspecified atom stereocenters. The number of allylic oxidation sites excluding steroid dienone is 5. The normalized spacial score (nSPS) is 13.1. The molecule has 2 atom stereocenters. The Hall–Kier alpha value is -1.39. The third kappa shape index (κ3) is 45.7. The highest BCUT2D eigenvalue weighted by Crippen LogP contribution is 2.16. The second-order valence-corrected chi connectivity index (χ2v) is 17.9. The molecular formula is C54H103NO3. The van der Waals surface area contributed by atoms with Crippen LogP contribution in [0.1, 0.15) is 284 Å². The van der Waals surface area contributed by atoms with Crippen LogP contribution in [0.2, 0.25) is 0 Å². The first kappa shape index (κ1) is 56.6. The van der Waals surface area contributed by atoms with Gasteiger partial charge in [-0.15, -0.1) is 0 Å². The predicted molar refractivity (Wildman–Crippen MR) is 258 cm³/mol. The minimum absolute atomic E-state index is 0.0715. The van der Waals surface area contributed by atoms with E-state index in [1.807, 2.05) is 6.08 Å². The number of nitrogens with one attached hydrogen (secondary N) is 1. The number of unbranched alkanes of at least 4 members (excludes halogenated alkanes) is 37. The van der Waals surface area contributed by atoms with E-state index in [1.165, 1.54) is 231 Å². The summed E-state index contributed by atoms with van der Waals surface area (Å²) in [7, 11) is 0. The van der Waals surface area contributed by atoms with Crippen LogP contribution < -0.4 is 5.32 Å².